The van der Waals surface area contributed by atoms with Crippen molar-refractivity contribution in [3.63, 3.8) is 0 Å². The number of aldehydes is 1. The van der Waals surface area contributed by atoms with Crippen molar-refractivity contribution in [3.05, 3.63) is 81.9 Å². The monoisotopic (exact) mass is 306 g/mol. The molecule has 2 aromatic carbocycles. The summed E-state index contributed by atoms with van der Waals surface area (Å²) in [6, 6.07) is 13.6. The number of rotatable bonds is 4. The van der Waals surface area contributed by atoms with Crippen LogP contribution in [0.3, 0.4) is 0 Å². The quantitative estimate of drug-likeness (QED) is 0.685. The highest BCUT2D eigenvalue weighted by Gasteiger charge is 2.28. The number of carbonyl (C=O) groups is 1. The van der Waals surface area contributed by atoms with Gasteiger partial charge in [0.1, 0.15) is 11.9 Å². The van der Waals surface area contributed by atoms with E-state index >= 15 is 0 Å². The van der Waals surface area contributed by atoms with Crippen LogP contribution in [0.15, 0.2) is 60.7 Å². The lowest BCUT2D eigenvalue weighted by atomic mass is 9.86. The van der Waals surface area contributed by atoms with Crippen molar-refractivity contribution < 1.29 is 9.90 Å². The molecule has 0 radical (unpaired) electrons. The summed E-state index contributed by atoms with van der Waals surface area (Å²) >= 11 is 11.7. The van der Waals surface area contributed by atoms with Gasteiger partial charge in [-0.3, -0.25) is 4.79 Å². The van der Waals surface area contributed by atoms with E-state index in [-0.39, 0.29) is 0 Å². The number of hydrogen-bond acceptors (Lipinski definition) is 2. The van der Waals surface area contributed by atoms with E-state index in [9.17, 15) is 9.90 Å². The van der Waals surface area contributed by atoms with Gasteiger partial charge in [-0.05, 0) is 47.5 Å². The van der Waals surface area contributed by atoms with E-state index in [2.05, 4.69) is 0 Å². The van der Waals surface area contributed by atoms with Gasteiger partial charge < -0.3 is 5.11 Å². The molecule has 102 valence electrons. The predicted octanol–water partition coefficient (Wildman–Crippen LogP) is 3.98. The molecule has 0 unspecified atom stereocenters. The molecule has 0 aliphatic heterocycles. The van der Waals surface area contributed by atoms with Crippen molar-refractivity contribution in [1.82, 2.24) is 0 Å². The van der Waals surface area contributed by atoms with Gasteiger partial charge in [-0.1, -0.05) is 47.5 Å². The smallest absolute Gasteiger partial charge is 0.142 e. The highest BCUT2D eigenvalue weighted by atomic mass is 35.5. The molecule has 0 saturated carbocycles. The largest absolute Gasteiger partial charge is 0.377 e. The lowest BCUT2D eigenvalue weighted by Crippen LogP contribution is -2.24. The molecule has 2 nitrogen and oxygen atoms in total. The number of benzene rings is 2. The van der Waals surface area contributed by atoms with Gasteiger partial charge in [-0.25, -0.2) is 0 Å². The molecule has 0 fully saturated rings. The summed E-state index contributed by atoms with van der Waals surface area (Å²) in [4.78, 5) is 10.6. The molecule has 0 heterocycles. The van der Waals surface area contributed by atoms with Crippen LogP contribution in [-0.4, -0.2) is 11.4 Å². The minimum absolute atomic E-state index is 0.576. The Morgan fingerprint density at radius 3 is 1.60 bits per heavy atom. The van der Waals surface area contributed by atoms with Crippen LogP contribution < -0.4 is 0 Å². The number of aliphatic hydroxyl groups is 1. The fourth-order valence-electron chi connectivity index (χ4n) is 1.95. The summed E-state index contributed by atoms with van der Waals surface area (Å²) < 4.78 is 0. The van der Waals surface area contributed by atoms with Crippen LogP contribution in [0.5, 0.6) is 0 Å². The summed E-state index contributed by atoms with van der Waals surface area (Å²) in [6.45, 7) is 0. The first kappa shape index (κ1) is 14.8. The van der Waals surface area contributed by atoms with E-state index in [0.717, 1.165) is 0 Å². The second kappa shape index (κ2) is 6.23. The molecule has 0 aliphatic carbocycles. The Bertz CT molecular complexity index is 570. The molecule has 0 bridgehead atoms. The minimum atomic E-state index is -1.41. The van der Waals surface area contributed by atoms with Crippen molar-refractivity contribution >= 4 is 29.5 Å². The highest BCUT2D eigenvalue weighted by molar-refractivity contribution is 6.30. The summed E-state index contributed by atoms with van der Waals surface area (Å²) in [5.41, 5.74) is -0.180. The summed E-state index contributed by atoms with van der Waals surface area (Å²) in [7, 11) is 0. The molecule has 0 saturated heterocycles. The number of allylic oxidation sites excluding steroid dienone is 1. The molecule has 1 N–H and O–H groups in total. The Labute approximate surface area is 127 Å². The van der Waals surface area contributed by atoms with Gasteiger partial charge >= 0.3 is 0 Å². The van der Waals surface area contributed by atoms with E-state index in [4.69, 9.17) is 23.2 Å². The second-order valence-corrected chi connectivity index (χ2v) is 5.15. The van der Waals surface area contributed by atoms with Crippen molar-refractivity contribution in [1.29, 1.82) is 0 Å². The average molecular weight is 307 g/mol. The first-order valence-electron chi connectivity index (χ1n) is 5.94. The molecule has 4 heteroatoms. The van der Waals surface area contributed by atoms with Crippen LogP contribution in [0.25, 0.3) is 0 Å². The van der Waals surface area contributed by atoms with E-state index in [1.165, 1.54) is 12.2 Å². The second-order valence-electron chi connectivity index (χ2n) is 4.28. The van der Waals surface area contributed by atoms with Crippen LogP contribution >= 0.6 is 23.2 Å². The van der Waals surface area contributed by atoms with Crippen molar-refractivity contribution in [2.24, 2.45) is 0 Å². The molecule has 0 aliphatic rings. The first-order chi connectivity index (χ1) is 9.56. The molecule has 0 aromatic heterocycles. The third-order valence-electron chi connectivity index (χ3n) is 2.98. The molecular formula is C16H12Cl2O2. The third kappa shape index (κ3) is 3.10. The number of hydrogen-bond donors (Lipinski definition) is 1. The normalized spacial score (nSPS) is 11.8. The summed E-state index contributed by atoms with van der Waals surface area (Å²) in [5.74, 6) is 0. The Morgan fingerprint density at radius 2 is 1.25 bits per heavy atom. The van der Waals surface area contributed by atoms with Crippen molar-refractivity contribution in [2.45, 2.75) is 5.60 Å². The summed E-state index contributed by atoms with van der Waals surface area (Å²) in [6.07, 6.45) is 3.33. The van der Waals surface area contributed by atoms with Crippen LogP contribution in [0.2, 0.25) is 10.0 Å². The maximum atomic E-state index is 10.9. The van der Waals surface area contributed by atoms with E-state index < -0.39 is 5.60 Å². The van der Waals surface area contributed by atoms with Crippen LogP contribution in [0, 0.1) is 0 Å². The van der Waals surface area contributed by atoms with E-state index in [1.54, 1.807) is 48.5 Å². The van der Waals surface area contributed by atoms with Crippen molar-refractivity contribution in [2.75, 3.05) is 0 Å². The zero-order valence-corrected chi connectivity index (χ0v) is 12.0. The number of halogens is 2. The topological polar surface area (TPSA) is 37.3 Å². The summed E-state index contributed by atoms with van der Waals surface area (Å²) in [5, 5.41) is 12.1. The van der Waals surface area contributed by atoms with E-state index in [1.807, 2.05) is 0 Å². The molecule has 2 aromatic rings. The van der Waals surface area contributed by atoms with Gasteiger partial charge in [0.25, 0.3) is 0 Å². The SMILES string of the molecule is O=C/C=C/C(O)(c1ccc(Cl)cc1)c1ccc(Cl)cc1. The first-order valence-corrected chi connectivity index (χ1v) is 6.69. The lowest BCUT2D eigenvalue weighted by molar-refractivity contribution is -0.104. The third-order valence-corrected chi connectivity index (χ3v) is 3.49. The molecular weight excluding hydrogens is 295 g/mol. The van der Waals surface area contributed by atoms with Gasteiger partial charge in [0, 0.05) is 10.0 Å². The minimum Gasteiger partial charge on any atom is -0.377 e. The number of carbonyl (C=O) groups excluding carboxylic acids is 1. The molecule has 0 amide bonds. The lowest BCUT2D eigenvalue weighted by Gasteiger charge is -2.26. The van der Waals surface area contributed by atoms with Crippen molar-refractivity contribution in [3.8, 4) is 0 Å². The fraction of sp³-hybridized carbons (Fsp3) is 0.0625. The Hall–Kier alpha value is -1.61. The Morgan fingerprint density at radius 1 is 0.850 bits per heavy atom. The van der Waals surface area contributed by atoms with Gasteiger partial charge in [0.2, 0.25) is 0 Å². The van der Waals surface area contributed by atoms with E-state index in [0.29, 0.717) is 27.5 Å². The predicted molar refractivity (Wildman–Crippen MR) is 81.1 cm³/mol. The molecule has 0 spiro atoms. The molecule has 20 heavy (non-hydrogen) atoms. The zero-order chi connectivity index (χ0) is 14.6. The van der Waals surface area contributed by atoms with Crippen LogP contribution in [0.1, 0.15) is 11.1 Å². The van der Waals surface area contributed by atoms with Crippen LogP contribution in [-0.2, 0) is 10.4 Å². The van der Waals surface area contributed by atoms with Gasteiger partial charge in [-0.15, -0.1) is 0 Å². The van der Waals surface area contributed by atoms with Gasteiger partial charge in [0.05, 0.1) is 0 Å². The molecule has 0 atom stereocenters. The Balaban J connectivity index is 2.55. The standard InChI is InChI=1S/C16H12Cl2O2/c17-14-6-2-12(3-7-14)16(20,10-1-11-19)13-4-8-15(18)9-5-13/h1-11,20H/b10-1+. The Kier molecular flexibility index (Phi) is 4.61. The van der Waals surface area contributed by atoms with Gasteiger partial charge in [-0.2, -0.15) is 0 Å². The maximum absolute atomic E-state index is 10.9. The highest BCUT2D eigenvalue weighted by Crippen LogP contribution is 2.32. The fourth-order valence-corrected chi connectivity index (χ4v) is 2.20. The maximum Gasteiger partial charge on any atom is 0.142 e. The van der Waals surface area contributed by atoms with Gasteiger partial charge in [0.15, 0.2) is 0 Å². The average Bonchev–Trinajstić information content (AvgIpc) is 2.46. The molecule has 2 rings (SSSR count). The zero-order valence-electron chi connectivity index (χ0n) is 10.5. The van der Waals surface area contributed by atoms with Crippen LogP contribution in [0.4, 0.5) is 0 Å².